The molecule has 6 aromatic carbocycles. The molecule has 0 bridgehead atoms. The van der Waals surface area contributed by atoms with Crippen LogP contribution in [0, 0.1) is 6.92 Å². The van der Waals surface area contributed by atoms with Crippen molar-refractivity contribution in [2.75, 3.05) is 9.80 Å². The third-order valence-corrected chi connectivity index (χ3v) is 17.0. The lowest BCUT2D eigenvalue weighted by Crippen LogP contribution is -2.61. The summed E-state index contributed by atoms with van der Waals surface area (Å²) in [4.78, 5) is 5.41. The first-order valence-corrected chi connectivity index (χ1v) is 25.8. The molecule has 1 aromatic heterocycles. The van der Waals surface area contributed by atoms with Crippen molar-refractivity contribution in [2.45, 2.75) is 163 Å². The van der Waals surface area contributed by atoms with E-state index in [4.69, 9.17) is 0 Å². The van der Waals surface area contributed by atoms with Crippen molar-refractivity contribution in [3.8, 4) is 11.1 Å². The Morgan fingerprint density at radius 3 is 1.63 bits per heavy atom. The minimum atomic E-state index is -0.0431. The highest BCUT2D eigenvalue weighted by Crippen LogP contribution is 2.56. The van der Waals surface area contributed by atoms with Crippen LogP contribution in [0.5, 0.6) is 0 Å². The van der Waals surface area contributed by atoms with Gasteiger partial charge in [0.1, 0.15) is 0 Å². The maximum Gasteiger partial charge on any atom is 0.264 e. The van der Waals surface area contributed by atoms with Crippen LogP contribution in [0.2, 0.25) is 0 Å². The van der Waals surface area contributed by atoms with Crippen molar-refractivity contribution in [3.05, 3.63) is 148 Å². The van der Waals surface area contributed by atoms with Gasteiger partial charge in [0, 0.05) is 43.2 Å². The average molecular weight is 901 g/mol. The van der Waals surface area contributed by atoms with E-state index in [0.717, 1.165) is 6.42 Å². The summed E-state index contributed by atoms with van der Waals surface area (Å²) in [6.07, 6.45) is 2.31. The zero-order valence-corrected chi connectivity index (χ0v) is 44.5. The van der Waals surface area contributed by atoms with E-state index < -0.39 is 0 Å². The lowest BCUT2D eigenvalue weighted by Gasteiger charge is -2.49. The normalized spacial score (nSPS) is 16.5. The van der Waals surface area contributed by atoms with Crippen molar-refractivity contribution >= 4 is 78.0 Å². The van der Waals surface area contributed by atoms with Crippen LogP contribution in [0.15, 0.2) is 109 Å². The molecule has 0 atom stereocenters. The summed E-state index contributed by atoms with van der Waals surface area (Å²) >= 11 is 2.01. The van der Waals surface area contributed by atoms with Gasteiger partial charge in [-0.15, -0.1) is 11.3 Å². The third-order valence-electron chi connectivity index (χ3n) is 15.8. The molecule has 0 amide bonds. The molecular weight excluding hydrogens is 828 g/mol. The van der Waals surface area contributed by atoms with Crippen molar-refractivity contribution < 1.29 is 0 Å². The van der Waals surface area contributed by atoms with Crippen molar-refractivity contribution in [3.63, 3.8) is 0 Å². The Morgan fingerprint density at radius 2 is 1.03 bits per heavy atom. The summed E-state index contributed by atoms with van der Waals surface area (Å²) < 4.78 is 2.79. The number of hydrogen-bond acceptors (Lipinski definition) is 3. The van der Waals surface area contributed by atoms with Gasteiger partial charge < -0.3 is 9.80 Å². The monoisotopic (exact) mass is 901 g/mol. The van der Waals surface area contributed by atoms with Crippen LogP contribution < -0.4 is 25.5 Å². The molecule has 0 unspecified atom stereocenters. The van der Waals surface area contributed by atoms with Crippen LogP contribution in [-0.2, 0) is 32.5 Å². The summed E-state index contributed by atoms with van der Waals surface area (Å²) in [5, 5.41) is 1.35. The molecule has 4 heteroatoms. The molecule has 0 spiro atoms. The molecule has 0 saturated carbocycles. The van der Waals surface area contributed by atoms with Gasteiger partial charge in [-0.05, 0) is 156 Å². The lowest BCUT2D eigenvalue weighted by molar-refractivity contribution is 0.333. The number of aryl methyl sites for hydroxylation is 1. The fraction of sp³-hybridized carbons (Fsp3) is 0.397. The minimum absolute atomic E-state index is 0.0151. The van der Waals surface area contributed by atoms with Gasteiger partial charge in [-0.1, -0.05) is 171 Å². The van der Waals surface area contributed by atoms with Gasteiger partial charge in [0.15, 0.2) is 0 Å². The minimum Gasteiger partial charge on any atom is -0.310 e. The topological polar surface area (TPSA) is 6.48 Å². The zero-order valence-electron chi connectivity index (χ0n) is 43.7. The molecule has 0 N–H and O–H groups in total. The van der Waals surface area contributed by atoms with Gasteiger partial charge in [-0.2, -0.15) is 0 Å². The number of fused-ring (bicyclic) bond motifs is 8. The second kappa shape index (κ2) is 15.0. The molecule has 344 valence electrons. The quantitative estimate of drug-likeness (QED) is 0.163. The van der Waals surface area contributed by atoms with Gasteiger partial charge in [-0.25, -0.2) is 0 Å². The second-order valence-corrected chi connectivity index (χ2v) is 27.0. The van der Waals surface area contributed by atoms with Crippen molar-refractivity contribution in [1.29, 1.82) is 0 Å². The third kappa shape index (κ3) is 7.42. The van der Waals surface area contributed by atoms with Gasteiger partial charge in [0.2, 0.25) is 0 Å². The molecule has 2 aliphatic heterocycles. The van der Waals surface area contributed by atoms with E-state index in [-0.39, 0.29) is 39.2 Å². The summed E-state index contributed by atoms with van der Waals surface area (Å²) in [6.45, 7) is 40.4. The van der Waals surface area contributed by atoms with E-state index in [2.05, 4.69) is 237 Å². The largest absolute Gasteiger partial charge is 0.310 e. The number of anilines is 6. The Kier molecular flexibility index (Phi) is 10.2. The highest BCUT2D eigenvalue weighted by Gasteiger charge is 2.50. The second-order valence-electron chi connectivity index (χ2n) is 25.9. The molecule has 3 heterocycles. The van der Waals surface area contributed by atoms with E-state index >= 15 is 0 Å². The fourth-order valence-corrected chi connectivity index (χ4v) is 12.8. The molecule has 1 aliphatic carbocycles. The first kappa shape index (κ1) is 45.7. The lowest BCUT2D eigenvalue weighted by atomic mass is 9.35. The SMILES string of the molecule is Cc1cc2c3c(c1)N(c1ccc(C(C)(C)C)cc1)c1c(sc4ccc(C(C)(C)C)cc14)B3c1ccc3c(c1N2c1ccc(C(C)(C)C)cc1-c1ccc(C(C)(C)C)cc1)C(C)(C)CCC3(C)C. The van der Waals surface area contributed by atoms with Gasteiger partial charge >= 0.3 is 0 Å². The molecule has 0 saturated heterocycles. The molecule has 0 radical (unpaired) electrons. The zero-order chi connectivity index (χ0) is 48.1. The fourth-order valence-electron chi connectivity index (χ4n) is 11.5. The number of rotatable bonds is 3. The number of benzene rings is 6. The first-order chi connectivity index (χ1) is 31.1. The molecule has 0 fully saturated rings. The maximum atomic E-state index is 2.76. The Balaban J connectivity index is 1.35. The maximum absolute atomic E-state index is 2.76. The van der Waals surface area contributed by atoms with Crippen molar-refractivity contribution in [2.24, 2.45) is 0 Å². The average Bonchev–Trinajstić information content (AvgIpc) is 3.62. The van der Waals surface area contributed by atoms with Crippen LogP contribution in [-0.4, -0.2) is 6.71 Å². The summed E-state index contributed by atoms with van der Waals surface area (Å²) in [5.41, 5.74) is 22.9. The molecule has 67 heavy (non-hydrogen) atoms. The Hall–Kier alpha value is -5.06. The highest BCUT2D eigenvalue weighted by atomic mass is 32.1. The van der Waals surface area contributed by atoms with Crippen LogP contribution in [0.3, 0.4) is 0 Å². The van der Waals surface area contributed by atoms with Gasteiger partial charge in [0.25, 0.3) is 6.71 Å². The Bertz CT molecular complexity index is 3110. The summed E-state index contributed by atoms with van der Waals surface area (Å²) in [6, 6.07) is 43.8. The number of thiophene rings is 1. The van der Waals surface area contributed by atoms with Crippen LogP contribution >= 0.6 is 11.3 Å². The molecule has 7 aromatic rings. The van der Waals surface area contributed by atoms with E-state index in [0.29, 0.717) is 0 Å². The smallest absolute Gasteiger partial charge is 0.264 e. The van der Waals surface area contributed by atoms with Gasteiger partial charge in [0.05, 0.1) is 11.4 Å². The molecule has 2 nitrogen and oxygen atoms in total. The number of nitrogens with zero attached hydrogens (tertiary/aromatic N) is 2. The molecule has 10 rings (SSSR count). The molecular formula is C63H73BN2S. The highest BCUT2D eigenvalue weighted by molar-refractivity contribution is 7.33. The van der Waals surface area contributed by atoms with Gasteiger partial charge in [-0.3, -0.25) is 0 Å². The predicted molar refractivity (Wildman–Crippen MR) is 296 cm³/mol. The van der Waals surface area contributed by atoms with Crippen LogP contribution in [0.25, 0.3) is 21.2 Å². The van der Waals surface area contributed by atoms with Crippen molar-refractivity contribution in [1.82, 2.24) is 0 Å². The number of hydrogen-bond donors (Lipinski definition) is 0. The first-order valence-electron chi connectivity index (χ1n) is 25.0. The van der Waals surface area contributed by atoms with E-state index in [1.807, 2.05) is 11.3 Å². The molecule has 3 aliphatic rings. The predicted octanol–water partition coefficient (Wildman–Crippen LogP) is 16.5. The van der Waals surface area contributed by atoms with E-state index in [1.165, 1.54) is 116 Å². The van der Waals surface area contributed by atoms with Crippen LogP contribution in [0.4, 0.5) is 34.1 Å². The Morgan fingerprint density at radius 1 is 0.507 bits per heavy atom. The summed E-state index contributed by atoms with van der Waals surface area (Å²) in [7, 11) is 0. The van der Waals surface area contributed by atoms with E-state index in [1.54, 1.807) is 0 Å². The van der Waals surface area contributed by atoms with E-state index in [9.17, 15) is 0 Å². The standard InChI is InChI=1S/C63H73BN2S/c1-38-34-50-54-51(35-38)66(49-30-24-42(60(8,9)10)36-45(49)39-18-20-40(21-19-39)58(2,3)4)56-48(29-28-47-53(56)63(16,17)33-32-62(47,14)15)64(54)57-55(46-37-43(61(11,12)13)25-31-52(46)67-57)65(50)44-26-22-41(23-27-44)59(5,6)7/h18-31,34-37H,32-33H2,1-17H3. The summed E-state index contributed by atoms with van der Waals surface area (Å²) in [5.74, 6) is 0. The van der Waals surface area contributed by atoms with Crippen LogP contribution in [0.1, 0.15) is 163 Å². The Labute approximate surface area is 407 Å².